The number of benzene rings is 1. The van der Waals surface area contributed by atoms with Crippen LogP contribution in [0, 0.1) is 0 Å². The molecule has 4 rings (SSSR count). The number of quaternary nitrogens is 1. The average Bonchev–Trinajstić information content (AvgIpc) is 3.43. The molecule has 1 aromatic carbocycles. The zero-order valence-corrected chi connectivity index (χ0v) is 17.0. The van der Waals surface area contributed by atoms with Gasteiger partial charge in [-0.2, -0.15) is 5.10 Å². The van der Waals surface area contributed by atoms with Crippen molar-refractivity contribution in [3.05, 3.63) is 81.4 Å². The lowest BCUT2D eigenvalue weighted by atomic mass is 10.0. The summed E-state index contributed by atoms with van der Waals surface area (Å²) in [5, 5.41) is 8.98. The number of hydrogen-bond acceptors (Lipinski definition) is 4. The van der Waals surface area contributed by atoms with E-state index in [1.165, 1.54) is 4.88 Å². The van der Waals surface area contributed by atoms with Crippen LogP contribution < -0.4 is 4.90 Å². The van der Waals surface area contributed by atoms with E-state index in [2.05, 4.69) is 16.5 Å². The van der Waals surface area contributed by atoms with Crippen LogP contribution in [-0.2, 0) is 11.3 Å². The van der Waals surface area contributed by atoms with E-state index >= 15 is 0 Å². The Hall–Kier alpha value is -2.41. The lowest BCUT2D eigenvalue weighted by Gasteiger charge is -2.21. The van der Waals surface area contributed by atoms with E-state index in [4.69, 9.17) is 16.0 Å². The molecule has 7 heteroatoms. The smallest absolute Gasteiger partial charge is 0.298 e. The maximum atomic E-state index is 13.1. The predicted octanol–water partition coefficient (Wildman–Crippen LogP) is 3.39. The Morgan fingerprint density at radius 3 is 2.79 bits per heavy atom. The first-order valence-electron chi connectivity index (χ1n) is 9.12. The van der Waals surface area contributed by atoms with Crippen molar-refractivity contribution in [2.45, 2.75) is 19.0 Å². The summed E-state index contributed by atoms with van der Waals surface area (Å²) in [5.74, 6) is 0.733. The molecule has 1 aliphatic heterocycles. The molecule has 0 fully saturated rings. The Bertz CT molecular complexity index is 952. The molecular formula is C21H21ClN3O2S+. The Morgan fingerprint density at radius 1 is 1.29 bits per heavy atom. The van der Waals surface area contributed by atoms with Gasteiger partial charge >= 0.3 is 0 Å². The van der Waals surface area contributed by atoms with Crippen molar-refractivity contribution < 1.29 is 14.1 Å². The molecule has 3 aromatic rings. The Morgan fingerprint density at radius 2 is 2.11 bits per heavy atom. The minimum Gasteiger partial charge on any atom is -0.467 e. The van der Waals surface area contributed by atoms with Crippen LogP contribution in [0.25, 0.3) is 0 Å². The Balaban J connectivity index is 1.53. The molecule has 0 aliphatic carbocycles. The largest absolute Gasteiger partial charge is 0.467 e. The van der Waals surface area contributed by atoms with E-state index in [1.807, 2.05) is 49.5 Å². The third-order valence-corrected chi connectivity index (χ3v) is 5.85. The van der Waals surface area contributed by atoms with Crippen molar-refractivity contribution in [2.75, 3.05) is 13.6 Å². The summed E-state index contributed by atoms with van der Waals surface area (Å²) in [6.07, 6.45) is 2.25. The molecule has 1 amide bonds. The highest BCUT2D eigenvalue weighted by Gasteiger charge is 2.35. The van der Waals surface area contributed by atoms with Gasteiger partial charge < -0.3 is 9.32 Å². The number of thiophene rings is 1. The monoisotopic (exact) mass is 414 g/mol. The van der Waals surface area contributed by atoms with Gasteiger partial charge in [0.15, 0.2) is 6.54 Å². The van der Waals surface area contributed by atoms with Gasteiger partial charge in [0, 0.05) is 11.4 Å². The number of likely N-dealkylation sites (N-methyl/N-ethyl adjacent to an activating group) is 1. The van der Waals surface area contributed by atoms with Crippen LogP contribution in [0.15, 0.2) is 69.7 Å². The summed E-state index contributed by atoms with van der Waals surface area (Å²) >= 11 is 7.71. The van der Waals surface area contributed by atoms with Crippen LogP contribution in [0.3, 0.4) is 0 Å². The minimum atomic E-state index is -0.220. The minimum absolute atomic E-state index is 0.0144. The van der Waals surface area contributed by atoms with Crippen LogP contribution in [0.4, 0.5) is 0 Å². The maximum Gasteiger partial charge on any atom is 0.298 e. The van der Waals surface area contributed by atoms with E-state index in [0.29, 0.717) is 18.0 Å². The molecule has 3 heterocycles. The molecule has 2 atom stereocenters. The molecule has 1 N–H and O–H groups in total. The van der Waals surface area contributed by atoms with E-state index in [-0.39, 0.29) is 11.9 Å². The van der Waals surface area contributed by atoms with Crippen molar-refractivity contribution >= 4 is 34.6 Å². The molecule has 0 radical (unpaired) electrons. The average molecular weight is 415 g/mol. The highest BCUT2D eigenvalue weighted by molar-refractivity contribution is 7.09. The maximum absolute atomic E-state index is 13.1. The number of hydrazone groups is 1. The summed E-state index contributed by atoms with van der Waals surface area (Å²) in [5.41, 5.74) is 1.83. The van der Waals surface area contributed by atoms with Gasteiger partial charge in [-0.1, -0.05) is 29.8 Å². The lowest BCUT2D eigenvalue weighted by Crippen LogP contribution is -3.08. The normalized spacial score (nSPS) is 17.6. The molecule has 144 valence electrons. The summed E-state index contributed by atoms with van der Waals surface area (Å²) in [6.45, 7) is 1.18. The SMILES string of the molecule is C[NH+](CC(=O)N1N=C(c2ccc(Cl)cc2)C[C@H]1c1ccco1)Cc1cccs1. The Labute approximate surface area is 172 Å². The number of nitrogens with one attached hydrogen (secondary N) is 1. The van der Waals surface area contributed by atoms with Gasteiger partial charge in [-0.3, -0.25) is 4.79 Å². The number of nitrogens with zero attached hydrogens (tertiary/aromatic N) is 2. The highest BCUT2D eigenvalue weighted by atomic mass is 35.5. The zero-order chi connectivity index (χ0) is 19.5. The second kappa shape index (κ2) is 8.31. The topological polar surface area (TPSA) is 50.2 Å². The molecule has 0 saturated heterocycles. The predicted molar refractivity (Wildman–Crippen MR) is 111 cm³/mol. The first-order valence-corrected chi connectivity index (χ1v) is 10.4. The molecular weight excluding hydrogens is 394 g/mol. The van der Waals surface area contributed by atoms with Gasteiger partial charge in [0.25, 0.3) is 5.91 Å². The first-order chi connectivity index (χ1) is 13.6. The molecule has 0 bridgehead atoms. The second-order valence-electron chi connectivity index (χ2n) is 6.92. The Kier molecular flexibility index (Phi) is 5.62. The zero-order valence-electron chi connectivity index (χ0n) is 15.5. The van der Waals surface area contributed by atoms with Crippen LogP contribution in [0.5, 0.6) is 0 Å². The highest BCUT2D eigenvalue weighted by Crippen LogP contribution is 2.33. The van der Waals surface area contributed by atoms with Gasteiger partial charge in [0.1, 0.15) is 18.3 Å². The molecule has 1 aliphatic rings. The summed E-state index contributed by atoms with van der Waals surface area (Å²) < 4.78 is 5.60. The third kappa shape index (κ3) is 4.19. The van der Waals surface area contributed by atoms with Crippen molar-refractivity contribution in [1.29, 1.82) is 0 Å². The summed E-state index contributed by atoms with van der Waals surface area (Å²) in [4.78, 5) is 15.4. The van der Waals surface area contributed by atoms with Crippen molar-refractivity contribution in [2.24, 2.45) is 5.10 Å². The fourth-order valence-electron chi connectivity index (χ4n) is 3.37. The number of halogens is 1. The number of carbonyl (C=O) groups is 1. The first kappa shape index (κ1) is 18.9. The van der Waals surface area contributed by atoms with Crippen molar-refractivity contribution in [3.63, 3.8) is 0 Å². The van der Waals surface area contributed by atoms with E-state index < -0.39 is 0 Å². The number of rotatable bonds is 6. The number of hydrogen-bond donors (Lipinski definition) is 1. The van der Waals surface area contributed by atoms with E-state index in [0.717, 1.165) is 28.5 Å². The molecule has 0 spiro atoms. The standard InChI is InChI=1S/C21H20ClN3O2S/c1-24(13-17-4-3-11-28-17)14-21(26)25-19(20-5-2-10-27-20)12-18(23-25)15-6-8-16(22)9-7-15/h2-11,19H,12-14H2,1H3/p+1/t19-/m0/s1. The van der Waals surface area contributed by atoms with Gasteiger partial charge in [-0.15, -0.1) is 11.3 Å². The van der Waals surface area contributed by atoms with Gasteiger partial charge in [0.2, 0.25) is 0 Å². The second-order valence-corrected chi connectivity index (χ2v) is 8.39. The summed E-state index contributed by atoms with van der Waals surface area (Å²) in [7, 11) is 2.03. The molecule has 28 heavy (non-hydrogen) atoms. The van der Waals surface area contributed by atoms with Gasteiger partial charge in [-0.25, -0.2) is 5.01 Å². The molecule has 0 saturated carbocycles. The number of carbonyl (C=O) groups excluding carboxylic acids is 1. The number of furan rings is 1. The van der Waals surface area contributed by atoms with Crippen molar-refractivity contribution in [1.82, 2.24) is 5.01 Å². The fraction of sp³-hybridized carbons (Fsp3) is 0.238. The molecule has 2 aromatic heterocycles. The number of amides is 1. The van der Waals surface area contributed by atoms with Gasteiger partial charge in [0.05, 0.1) is 23.9 Å². The third-order valence-electron chi connectivity index (χ3n) is 4.72. The van der Waals surface area contributed by atoms with Crippen LogP contribution in [0.1, 0.15) is 28.7 Å². The summed E-state index contributed by atoms with van der Waals surface area (Å²) in [6, 6.07) is 15.2. The lowest BCUT2D eigenvalue weighted by molar-refractivity contribution is -0.885. The fourth-order valence-corrected chi connectivity index (χ4v) is 4.32. The van der Waals surface area contributed by atoms with E-state index in [9.17, 15) is 4.79 Å². The van der Waals surface area contributed by atoms with Crippen LogP contribution in [-0.4, -0.2) is 30.2 Å². The quantitative estimate of drug-likeness (QED) is 0.672. The van der Waals surface area contributed by atoms with Crippen LogP contribution in [0.2, 0.25) is 5.02 Å². The molecule has 1 unspecified atom stereocenters. The van der Waals surface area contributed by atoms with Gasteiger partial charge in [-0.05, 0) is 41.3 Å². The molecule has 5 nitrogen and oxygen atoms in total. The van der Waals surface area contributed by atoms with Crippen LogP contribution >= 0.6 is 22.9 Å². The van der Waals surface area contributed by atoms with Crippen molar-refractivity contribution in [3.8, 4) is 0 Å². The van der Waals surface area contributed by atoms with E-state index in [1.54, 1.807) is 22.6 Å².